The summed E-state index contributed by atoms with van der Waals surface area (Å²) in [6.45, 7) is 1.70. The molecule has 1 heterocycles. The second kappa shape index (κ2) is 4.82. The summed E-state index contributed by atoms with van der Waals surface area (Å²) in [6.07, 6.45) is 0.309. The summed E-state index contributed by atoms with van der Waals surface area (Å²) >= 11 is 0. The van der Waals surface area contributed by atoms with Crippen molar-refractivity contribution in [2.24, 2.45) is 0 Å². The van der Waals surface area contributed by atoms with E-state index in [4.69, 9.17) is 5.11 Å². The first kappa shape index (κ1) is 12.0. The highest BCUT2D eigenvalue weighted by atomic mass is 19.1. The van der Waals surface area contributed by atoms with E-state index in [2.05, 4.69) is 20.5 Å². The Morgan fingerprint density at radius 3 is 2.94 bits per heavy atom. The number of aromatic nitrogens is 3. The average Bonchev–Trinajstić information content (AvgIpc) is 2.77. The number of H-pyrrole nitrogens is 1. The minimum atomic E-state index is -0.625. The lowest BCUT2D eigenvalue weighted by Crippen LogP contribution is -2.10. The second-order valence-electron chi connectivity index (χ2n) is 3.59. The van der Waals surface area contributed by atoms with E-state index in [0.717, 1.165) is 6.07 Å². The molecule has 1 aromatic heterocycles. The summed E-state index contributed by atoms with van der Waals surface area (Å²) in [6, 6.07) is 3.68. The maximum absolute atomic E-state index is 13.5. The minimum absolute atomic E-state index is 0.157. The number of aromatic hydroxyl groups is 1. The highest BCUT2D eigenvalue weighted by Crippen LogP contribution is 2.23. The van der Waals surface area contributed by atoms with Crippen molar-refractivity contribution in [1.29, 1.82) is 0 Å². The molecular weight excluding hydrogens is 239 g/mol. The lowest BCUT2D eigenvalue weighted by atomic mass is 10.2. The number of hydrogen-bond donors (Lipinski definition) is 3. The van der Waals surface area contributed by atoms with Gasteiger partial charge in [0.15, 0.2) is 5.82 Å². The third-order valence-corrected chi connectivity index (χ3v) is 2.27. The fourth-order valence-corrected chi connectivity index (χ4v) is 1.36. The number of nitrogens with one attached hydrogen (secondary N) is 2. The lowest BCUT2D eigenvalue weighted by Gasteiger charge is -1.99. The topological polar surface area (TPSA) is 90.9 Å². The summed E-state index contributed by atoms with van der Waals surface area (Å²) < 4.78 is 13.5. The van der Waals surface area contributed by atoms with Crippen LogP contribution in [0.15, 0.2) is 18.2 Å². The van der Waals surface area contributed by atoms with E-state index < -0.39 is 5.82 Å². The maximum Gasteiger partial charge on any atom is 0.228 e. The van der Waals surface area contributed by atoms with Crippen molar-refractivity contribution in [3.8, 4) is 17.1 Å². The molecular formula is C11H11FN4O2. The zero-order chi connectivity index (χ0) is 13.1. The largest absolute Gasteiger partial charge is 0.508 e. The molecule has 0 atom stereocenters. The van der Waals surface area contributed by atoms with Crippen LogP contribution in [0.4, 0.5) is 10.3 Å². The molecule has 0 aliphatic rings. The first-order valence-electron chi connectivity index (χ1n) is 5.31. The van der Waals surface area contributed by atoms with Crippen molar-refractivity contribution >= 4 is 11.9 Å². The Hall–Kier alpha value is -2.44. The molecule has 6 nitrogen and oxygen atoms in total. The Morgan fingerprint density at radius 2 is 2.28 bits per heavy atom. The van der Waals surface area contributed by atoms with Crippen LogP contribution >= 0.6 is 0 Å². The molecule has 0 saturated carbocycles. The van der Waals surface area contributed by atoms with Crippen molar-refractivity contribution in [2.75, 3.05) is 5.32 Å². The Morgan fingerprint density at radius 1 is 1.50 bits per heavy atom. The van der Waals surface area contributed by atoms with Crippen molar-refractivity contribution in [1.82, 2.24) is 15.2 Å². The molecule has 0 fully saturated rings. The predicted molar refractivity (Wildman–Crippen MR) is 62.4 cm³/mol. The number of carbonyl (C=O) groups is 1. The van der Waals surface area contributed by atoms with Gasteiger partial charge in [0.05, 0.1) is 5.56 Å². The summed E-state index contributed by atoms with van der Waals surface area (Å²) in [5.41, 5.74) is 0.164. The van der Waals surface area contributed by atoms with Gasteiger partial charge in [-0.3, -0.25) is 10.1 Å². The van der Waals surface area contributed by atoms with Crippen molar-refractivity contribution in [3.05, 3.63) is 24.0 Å². The third-order valence-electron chi connectivity index (χ3n) is 2.27. The van der Waals surface area contributed by atoms with Gasteiger partial charge in [0.25, 0.3) is 0 Å². The molecule has 2 aromatic rings. The first-order chi connectivity index (χ1) is 8.60. The molecule has 2 rings (SSSR count). The average molecular weight is 250 g/mol. The number of carbonyl (C=O) groups excluding carboxylic acids is 1. The van der Waals surface area contributed by atoms with E-state index in [1.54, 1.807) is 6.92 Å². The SMILES string of the molecule is CCC(=O)Nc1nnc(-c2ccc(O)cc2F)[nH]1. The Kier molecular flexibility index (Phi) is 3.22. The number of anilines is 1. The van der Waals surface area contributed by atoms with Crippen LogP contribution in [0.2, 0.25) is 0 Å². The van der Waals surface area contributed by atoms with Gasteiger partial charge in [-0.25, -0.2) is 4.39 Å². The standard InChI is InChI=1S/C11H11FN4O2/c1-2-9(18)13-11-14-10(15-16-11)7-4-3-6(17)5-8(7)12/h3-5,17H,2H2,1H3,(H2,13,14,15,16,18). The van der Waals surface area contributed by atoms with Crippen LogP contribution in [0, 0.1) is 5.82 Å². The maximum atomic E-state index is 13.5. The Labute approximate surface area is 102 Å². The first-order valence-corrected chi connectivity index (χ1v) is 5.31. The lowest BCUT2D eigenvalue weighted by molar-refractivity contribution is -0.115. The van der Waals surface area contributed by atoms with E-state index in [-0.39, 0.29) is 29.0 Å². The quantitative estimate of drug-likeness (QED) is 0.772. The molecule has 1 amide bonds. The number of nitrogens with zero attached hydrogens (tertiary/aromatic N) is 2. The summed E-state index contributed by atoms with van der Waals surface area (Å²) in [7, 11) is 0. The van der Waals surface area contributed by atoms with Crippen LogP contribution < -0.4 is 5.32 Å². The van der Waals surface area contributed by atoms with E-state index in [1.807, 2.05) is 0 Å². The molecule has 7 heteroatoms. The van der Waals surface area contributed by atoms with Gasteiger partial charge in [-0.15, -0.1) is 10.2 Å². The zero-order valence-corrected chi connectivity index (χ0v) is 9.57. The van der Waals surface area contributed by atoms with E-state index >= 15 is 0 Å². The van der Waals surface area contributed by atoms with Gasteiger partial charge >= 0.3 is 0 Å². The van der Waals surface area contributed by atoms with Crippen molar-refractivity contribution in [3.63, 3.8) is 0 Å². The molecule has 1 aromatic carbocycles. The fourth-order valence-electron chi connectivity index (χ4n) is 1.36. The van der Waals surface area contributed by atoms with Crippen LogP contribution in [-0.2, 0) is 4.79 Å². The Balaban J connectivity index is 2.26. The van der Waals surface area contributed by atoms with Crippen LogP contribution in [0.1, 0.15) is 13.3 Å². The van der Waals surface area contributed by atoms with E-state index in [9.17, 15) is 9.18 Å². The number of benzene rings is 1. The van der Waals surface area contributed by atoms with Gasteiger partial charge in [0, 0.05) is 12.5 Å². The van der Waals surface area contributed by atoms with E-state index in [1.165, 1.54) is 12.1 Å². The molecule has 0 spiro atoms. The summed E-state index contributed by atoms with van der Waals surface area (Å²) in [4.78, 5) is 13.8. The number of phenolic OH excluding ortho intramolecular Hbond substituents is 1. The molecule has 0 saturated heterocycles. The van der Waals surface area contributed by atoms with Gasteiger partial charge in [-0.05, 0) is 12.1 Å². The molecule has 18 heavy (non-hydrogen) atoms. The number of rotatable bonds is 3. The molecule has 0 bridgehead atoms. The molecule has 94 valence electrons. The van der Waals surface area contributed by atoms with Gasteiger partial charge in [0.2, 0.25) is 11.9 Å². The van der Waals surface area contributed by atoms with Crippen LogP contribution in [-0.4, -0.2) is 26.2 Å². The van der Waals surface area contributed by atoms with Crippen LogP contribution in [0.25, 0.3) is 11.4 Å². The smallest absolute Gasteiger partial charge is 0.228 e. The Bertz CT molecular complexity index is 582. The molecule has 0 radical (unpaired) electrons. The van der Waals surface area contributed by atoms with Gasteiger partial charge < -0.3 is 10.1 Å². The number of amides is 1. The van der Waals surface area contributed by atoms with Crippen molar-refractivity contribution in [2.45, 2.75) is 13.3 Å². The van der Waals surface area contributed by atoms with Crippen LogP contribution in [0.3, 0.4) is 0 Å². The van der Waals surface area contributed by atoms with Crippen LogP contribution in [0.5, 0.6) is 5.75 Å². The number of halogens is 1. The summed E-state index contributed by atoms with van der Waals surface area (Å²) in [5.74, 6) is -0.679. The molecule has 3 N–H and O–H groups in total. The summed E-state index contributed by atoms with van der Waals surface area (Å²) in [5, 5.41) is 19.0. The highest BCUT2D eigenvalue weighted by molar-refractivity contribution is 5.88. The normalized spacial score (nSPS) is 10.3. The minimum Gasteiger partial charge on any atom is -0.508 e. The molecule has 0 aliphatic carbocycles. The van der Waals surface area contributed by atoms with Gasteiger partial charge in [-0.1, -0.05) is 6.92 Å². The van der Waals surface area contributed by atoms with Gasteiger partial charge in [0.1, 0.15) is 11.6 Å². The van der Waals surface area contributed by atoms with Gasteiger partial charge in [-0.2, -0.15) is 0 Å². The third kappa shape index (κ3) is 2.45. The van der Waals surface area contributed by atoms with E-state index in [0.29, 0.717) is 6.42 Å². The zero-order valence-electron chi connectivity index (χ0n) is 9.57. The molecule has 0 unspecified atom stereocenters. The fraction of sp³-hybridized carbons (Fsp3) is 0.182. The number of phenols is 1. The molecule has 0 aliphatic heterocycles. The number of hydrogen-bond acceptors (Lipinski definition) is 4. The number of aromatic amines is 1. The monoisotopic (exact) mass is 250 g/mol. The second-order valence-corrected chi connectivity index (χ2v) is 3.59. The van der Waals surface area contributed by atoms with Crippen molar-refractivity contribution < 1.29 is 14.3 Å². The highest BCUT2D eigenvalue weighted by Gasteiger charge is 2.11. The predicted octanol–water partition coefficient (Wildman–Crippen LogP) is 1.66.